The van der Waals surface area contributed by atoms with Crippen LogP contribution in [0.5, 0.6) is 11.5 Å². The summed E-state index contributed by atoms with van der Waals surface area (Å²) in [5.41, 5.74) is 1.16. The van der Waals surface area contributed by atoms with E-state index in [1.165, 1.54) is 12.1 Å². The predicted octanol–water partition coefficient (Wildman–Crippen LogP) is 3.99. The van der Waals surface area contributed by atoms with Crippen molar-refractivity contribution in [3.63, 3.8) is 0 Å². The van der Waals surface area contributed by atoms with Crippen molar-refractivity contribution < 1.29 is 26.9 Å². The number of nitrogens with one attached hydrogen (secondary N) is 1. The lowest BCUT2D eigenvalue weighted by atomic mass is 10.1. The van der Waals surface area contributed by atoms with E-state index in [4.69, 9.17) is 13.7 Å². The molecule has 0 radical (unpaired) electrons. The van der Waals surface area contributed by atoms with Crippen molar-refractivity contribution >= 4 is 21.9 Å². The maximum atomic E-state index is 11.7. The van der Waals surface area contributed by atoms with Gasteiger partial charge in [-0.25, -0.2) is 4.79 Å². The molecular weight excluding hydrogens is 382 g/mol. The summed E-state index contributed by atoms with van der Waals surface area (Å²) in [6, 6.07) is 13.8. The highest BCUT2D eigenvalue weighted by Crippen LogP contribution is 2.19. The Morgan fingerprint density at radius 1 is 0.964 bits per heavy atom. The number of amides is 1. The third-order valence-electron chi connectivity index (χ3n) is 3.33. The van der Waals surface area contributed by atoms with Gasteiger partial charge in [-0.3, -0.25) is 5.32 Å². The zero-order valence-corrected chi connectivity index (χ0v) is 17.2. The summed E-state index contributed by atoms with van der Waals surface area (Å²) in [4.78, 5) is 11.7. The van der Waals surface area contributed by atoms with Gasteiger partial charge in [0.25, 0.3) is 0 Å². The molecule has 1 amide bonds. The molecule has 0 saturated heterocycles. The quantitative estimate of drug-likeness (QED) is 0.698. The van der Waals surface area contributed by atoms with Gasteiger partial charge >= 0.3 is 16.2 Å². The Kier molecular flexibility index (Phi) is 6.90. The number of hydrogen-bond donors (Lipinski definition) is 1. The molecule has 7 nitrogen and oxygen atoms in total. The molecule has 2 aromatic carbocycles. The summed E-state index contributed by atoms with van der Waals surface area (Å²) in [6.07, 6.45) is 1.17. The fraction of sp³-hybridized carbons (Fsp3) is 0.350. The van der Waals surface area contributed by atoms with E-state index in [9.17, 15) is 13.2 Å². The second kappa shape index (κ2) is 8.97. The minimum absolute atomic E-state index is 0.239. The standard InChI is InChI=1S/C20H25NO6S/c1-20(2,3)26-19(22)21-16-7-5-15(6-8-16)13-14-25-17-9-11-18(12-10-17)27-28(4,23)24/h5-12H,13-14H2,1-4H3,(H,21,22). The van der Waals surface area contributed by atoms with Crippen molar-refractivity contribution in [2.45, 2.75) is 32.8 Å². The Morgan fingerprint density at radius 3 is 2.07 bits per heavy atom. The average molecular weight is 407 g/mol. The van der Waals surface area contributed by atoms with E-state index in [2.05, 4.69) is 5.32 Å². The highest BCUT2D eigenvalue weighted by Gasteiger charge is 2.16. The highest BCUT2D eigenvalue weighted by atomic mass is 32.2. The fourth-order valence-electron chi connectivity index (χ4n) is 2.23. The Morgan fingerprint density at radius 2 is 1.54 bits per heavy atom. The minimum Gasteiger partial charge on any atom is -0.493 e. The van der Waals surface area contributed by atoms with Crippen LogP contribution < -0.4 is 14.2 Å². The van der Waals surface area contributed by atoms with Crippen LogP contribution in [0.25, 0.3) is 0 Å². The molecule has 1 N–H and O–H groups in total. The minimum atomic E-state index is -3.54. The van der Waals surface area contributed by atoms with Crippen LogP contribution in [0, 0.1) is 0 Å². The summed E-state index contributed by atoms with van der Waals surface area (Å²) in [5.74, 6) is 0.854. The van der Waals surface area contributed by atoms with Gasteiger partial charge in [0, 0.05) is 12.1 Å². The highest BCUT2D eigenvalue weighted by molar-refractivity contribution is 7.86. The van der Waals surface area contributed by atoms with Crippen molar-refractivity contribution in [3.8, 4) is 11.5 Å². The molecule has 0 aliphatic carbocycles. The summed E-state index contributed by atoms with van der Waals surface area (Å²) in [5, 5.41) is 2.68. The second-order valence-electron chi connectivity index (χ2n) is 7.18. The van der Waals surface area contributed by atoms with Crippen LogP contribution in [-0.2, 0) is 21.3 Å². The molecule has 152 valence electrons. The molecule has 0 aromatic heterocycles. The molecule has 0 saturated carbocycles. The van der Waals surface area contributed by atoms with Crippen LogP contribution in [0.15, 0.2) is 48.5 Å². The molecular formula is C20H25NO6S. The first-order valence-electron chi connectivity index (χ1n) is 8.71. The Labute approximate surface area is 165 Å². The molecule has 0 spiro atoms. The Balaban J connectivity index is 1.79. The van der Waals surface area contributed by atoms with Crippen molar-refractivity contribution in [3.05, 3.63) is 54.1 Å². The lowest BCUT2D eigenvalue weighted by Crippen LogP contribution is -2.27. The molecule has 0 fully saturated rings. The number of carbonyl (C=O) groups is 1. The largest absolute Gasteiger partial charge is 0.493 e. The van der Waals surface area contributed by atoms with Crippen molar-refractivity contribution in [1.29, 1.82) is 0 Å². The third kappa shape index (κ3) is 8.30. The van der Waals surface area contributed by atoms with Gasteiger partial charge in [0.2, 0.25) is 0 Å². The summed E-state index contributed by atoms with van der Waals surface area (Å²) in [6.45, 7) is 5.87. The molecule has 8 heteroatoms. The van der Waals surface area contributed by atoms with E-state index in [1.807, 2.05) is 32.9 Å². The average Bonchev–Trinajstić information content (AvgIpc) is 2.55. The molecule has 2 rings (SSSR count). The lowest BCUT2D eigenvalue weighted by Gasteiger charge is -2.19. The van der Waals surface area contributed by atoms with Gasteiger partial charge in [0.05, 0.1) is 12.9 Å². The fourth-order valence-corrected chi connectivity index (χ4v) is 2.69. The van der Waals surface area contributed by atoms with Crippen LogP contribution in [0.4, 0.5) is 10.5 Å². The van der Waals surface area contributed by atoms with Crippen molar-refractivity contribution in [2.24, 2.45) is 0 Å². The van der Waals surface area contributed by atoms with Crippen molar-refractivity contribution in [1.82, 2.24) is 0 Å². The number of hydrogen-bond acceptors (Lipinski definition) is 6. The van der Waals surface area contributed by atoms with Gasteiger partial charge in [0.15, 0.2) is 0 Å². The van der Waals surface area contributed by atoms with Crippen molar-refractivity contribution in [2.75, 3.05) is 18.2 Å². The van der Waals surface area contributed by atoms with Crippen LogP contribution in [0.2, 0.25) is 0 Å². The van der Waals surface area contributed by atoms with Crippen LogP contribution >= 0.6 is 0 Å². The first-order chi connectivity index (χ1) is 13.0. The van der Waals surface area contributed by atoms with Gasteiger partial charge in [-0.05, 0) is 62.7 Å². The van der Waals surface area contributed by atoms with E-state index in [0.717, 1.165) is 11.8 Å². The predicted molar refractivity (Wildman–Crippen MR) is 107 cm³/mol. The zero-order chi connectivity index (χ0) is 20.8. The topological polar surface area (TPSA) is 90.9 Å². The smallest absolute Gasteiger partial charge is 0.412 e. The van der Waals surface area contributed by atoms with E-state index in [-0.39, 0.29) is 5.75 Å². The number of anilines is 1. The molecule has 0 atom stereocenters. The Bertz CT molecular complexity index is 884. The van der Waals surface area contributed by atoms with Gasteiger partial charge in [0.1, 0.15) is 17.1 Å². The number of benzene rings is 2. The maximum Gasteiger partial charge on any atom is 0.412 e. The lowest BCUT2D eigenvalue weighted by molar-refractivity contribution is 0.0636. The molecule has 0 heterocycles. The van der Waals surface area contributed by atoms with Gasteiger partial charge < -0.3 is 13.7 Å². The third-order valence-corrected chi connectivity index (χ3v) is 3.83. The molecule has 0 bridgehead atoms. The molecule has 28 heavy (non-hydrogen) atoms. The van der Waals surface area contributed by atoms with Gasteiger partial charge in [-0.1, -0.05) is 12.1 Å². The SMILES string of the molecule is CC(C)(C)OC(=O)Nc1ccc(CCOc2ccc(OS(C)(=O)=O)cc2)cc1. The molecule has 0 unspecified atom stereocenters. The van der Waals surface area contributed by atoms with E-state index >= 15 is 0 Å². The van der Waals surface area contributed by atoms with E-state index in [1.54, 1.807) is 24.3 Å². The summed E-state index contributed by atoms with van der Waals surface area (Å²) >= 11 is 0. The summed E-state index contributed by atoms with van der Waals surface area (Å²) in [7, 11) is -3.54. The van der Waals surface area contributed by atoms with Crippen LogP contribution in [-0.4, -0.2) is 33.0 Å². The maximum absolute atomic E-state index is 11.7. The van der Waals surface area contributed by atoms with E-state index in [0.29, 0.717) is 24.5 Å². The monoisotopic (exact) mass is 407 g/mol. The second-order valence-corrected chi connectivity index (χ2v) is 8.76. The number of rotatable bonds is 7. The summed E-state index contributed by atoms with van der Waals surface area (Å²) < 4.78 is 37.8. The number of carbonyl (C=O) groups excluding carboxylic acids is 1. The number of ether oxygens (including phenoxy) is 2. The van der Waals surface area contributed by atoms with Crippen LogP contribution in [0.1, 0.15) is 26.3 Å². The molecule has 0 aliphatic rings. The van der Waals surface area contributed by atoms with E-state index < -0.39 is 21.8 Å². The molecule has 0 aliphatic heterocycles. The first-order valence-corrected chi connectivity index (χ1v) is 10.5. The van der Waals surface area contributed by atoms with Gasteiger partial charge in [-0.15, -0.1) is 0 Å². The van der Waals surface area contributed by atoms with Crippen LogP contribution in [0.3, 0.4) is 0 Å². The zero-order valence-electron chi connectivity index (χ0n) is 16.4. The first kappa shape index (κ1) is 21.6. The normalized spacial score (nSPS) is 11.6. The van der Waals surface area contributed by atoms with Gasteiger partial charge in [-0.2, -0.15) is 8.42 Å². The Hall–Kier alpha value is -2.74. The molecule has 2 aromatic rings.